The van der Waals surface area contributed by atoms with Gasteiger partial charge in [0, 0.05) is 18.8 Å². The number of rotatable bonds is 7. The molecule has 0 bridgehead atoms. The maximum absolute atomic E-state index is 5.48. The molecule has 0 spiro atoms. The molecule has 1 N–H and O–H groups in total. The Morgan fingerprint density at radius 3 is 2.88 bits per heavy atom. The summed E-state index contributed by atoms with van der Waals surface area (Å²) in [7, 11) is 0. The second kappa shape index (κ2) is 7.06. The third-order valence-corrected chi connectivity index (χ3v) is 2.03. The molecule has 0 aliphatic rings. The van der Waals surface area contributed by atoms with Crippen molar-refractivity contribution >= 4 is 5.82 Å². The highest BCUT2D eigenvalue weighted by atomic mass is 16.5. The molecule has 4 heteroatoms. The summed E-state index contributed by atoms with van der Waals surface area (Å²) >= 11 is 0. The fourth-order valence-electron chi connectivity index (χ4n) is 1.34. The minimum absolute atomic E-state index is 0.217. The van der Waals surface area contributed by atoms with Crippen LogP contribution in [-0.4, -0.2) is 30.8 Å². The summed E-state index contributed by atoms with van der Waals surface area (Å²) in [4.78, 5) is 4.25. The van der Waals surface area contributed by atoms with E-state index in [-0.39, 0.29) is 6.04 Å². The number of ether oxygens (including phenoxy) is 2. The van der Waals surface area contributed by atoms with Gasteiger partial charge in [0.05, 0.1) is 13.2 Å². The number of anilines is 1. The van der Waals surface area contributed by atoms with E-state index in [2.05, 4.69) is 17.2 Å². The largest absolute Gasteiger partial charge is 0.490 e. The summed E-state index contributed by atoms with van der Waals surface area (Å²) in [6.45, 7) is 8.03. The summed E-state index contributed by atoms with van der Waals surface area (Å²) < 4.78 is 10.8. The zero-order chi connectivity index (χ0) is 11.8. The van der Waals surface area contributed by atoms with Crippen molar-refractivity contribution in [1.29, 1.82) is 0 Å². The lowest BCUT2D eigenvalue weighted by Crippen LogP contribution is -2.22. The Bertz CT molecular complexity index is 305. The number of aromatic nitrogens is 1. The van der Waals surface area contributed by atoms with Crippen LogP contribution in [0.5, 0.6) is 5.75 Å². The molecule has 1 aromatic heterocycles. The molecule has 1 atom stereocenters. The number of nitrogens with zero attached hydrogens (tertiary/aromatic N) is 1. The lowest BCUT2D eigenvalue weighted by molar-refractivity contribution is 0.141. The molecule has 1 aromatic rings. The van der Waals surface area contributed by atoms with Crippen molar-refractivity contribution in [2.24, 2.45) is 0 Å². The van der Waals surface area contributed by atoms with E-state index in [1.807, 2.05) is 26.0 Å². The molecule has 0 fully saturated rings. The number of nitrogens with one attached hydrogen (secondary N) is 1. The van der Waals surface area contributed by atoms with E-state index in [0.29, 0.717) is 13.2 Å². The Morgan fingerprint density at radius 1 is 1.38 bits per heavy atom. The van der Waals surface area contributed by atoms with Gasteiger partial charge < -0.3 is 14.8 Å². The van der Waals surface area contributed by atoms with E-state index in [1.54, 1.807) is 6.20 Å². The average Bonchev–Trinajstić information content (AvgIpc) is 2.29. The third kappa shape index (κ3) is 4.06. The van der Waals surface area contributed by atoms with Crippen LogP contribution in [0.1, 0.15) is 20.8 Å². The van der Waals surface area contributed by atoms with Crippen LogP contribution in [-0.2, 0) is 4.74 Å². The van der Waals surface area contributed by atoms with Gasteiger partial charge in [-0.2, -0.15) is 0 Å². The number of pyridine rings is 1. The summed E-state index contributed by atoms with van der Waals surface area (Å²) in [6.07, 6.45) is 1.75. The quantitative estimate of drug-likeness (QED) is 0.772. The van der Waals surface area contributed by atoms with Gasteiger partial charge in [-0.05, 0) is 32.9 Å². The zero-order valence-corrected chi connectivity index (χ0v) is 10.2. The van der Waals surface area contributed by atoms with Gasteiger partial charge >= 0.3 is 0 Å². The van der Waals surface area contributed by atoms with Crippen molar-refractivity contribution < 1.29 is 9.47 Å². The molecule has 1 rings (SSSR count). The minimum Gasteiger partial charge on any atom is -0.490 e. The third-order valence-electron chi connectivity index (χ3n) is 2.03. The lowest BCUT2D eigenvalue weighted by atomic mass is 10.3. The summed E-state index contributed by atoms with van der Waals surface area (Å²) in [6, 6.07) is 3.99. The molecule has 16 heavy (non-hydrogen) atoms. The van der Waals surface area contributed by atoms with E-state index in [4.69, 9.17) is 9.47 Å². The van der Waals surface area contributed by atoms with Gasteiger partial charge in [0.15, 0.2) is 11.6 Å². The summed E-state index contributed by atoms with van der Waals surface area (Å²) in [5, 5.41) is 3.27. The SMILES string of the molecule is CCOCC(C)Nc1ncccc1OCC. The Labute approximate surface area is 97.0 Å². The molecule has 0 aliphatic carbocycles. The van der Waals surface area contributed by atoms with Gasteiger partial charge in [-0.1, -0.05) is 0 Å². The first-order valence-electron chi connectivity index (χ1n) is 5.70. The monoisotopic (exact) mass is 224 g/mol. The molecular weight excluding hydrogens is 204 g/mol. The topological polar surface area (TPSA) is 43.4 Å². The average molecular weight is 224 g/mol. The first kappa shape index (κ1) is 12.8. The Kier molecular flexibility index (Phi) is 5.64. The molecule has 1 heterocycles. The summed E-state index contributed by atoms with van der Waals surface area (Å²) in [5.74, 6) is 1.56. The van der Waals surface area contributed by atoms with Gasteiger partial charge in [0.25, 0.3) is 0 Å². The predicted octanol–water partition coefficient (Wildman–Crippen LogP) is 2.32. The molecule has 0 saturated carbocycles. The molecule has 0 amide bonds. The van der Waals surface area contributed by atoms with Gasteiger partial charge in [-0.3, -0.25) is 0 Å². The van der Waals surface area contributed by atoms with Crippen LogP contribution in [0.3, 0.4) is 0 Å². The second-order valence-electron chi connectivity index (χ2n) is 3.49. The maximum atomic E-state index is 5.48. The van der Waals surface area contributed by atoms with Crippen LogP contribution in [0.4, 0.5) is 5.82 Å². The van der Waals surface area contributed by atoms with E-state index in [9.17, 15) is 0 Å². The molecular formula is C12H20N2O2. The van der Waals surface area contributed by atoms with Gasteiger partial charge in [0.2, 0.25) is 0 Å². The number of hydrogen-bond acceptors (Lipinski definition) is 4. The van der Waals surface area contributed by atoms with Crippen LogP contribution in [0, 0.1) is 0 Å². The lowest BCUT2D eigenvalue weighted by Gasteiger charge is -2.16. The maximum Gasteiger partial charge on any atom is 0.169 e. The highest BCUT2D eigenvalue weighted by molar-refractivity contribution is 5.49. The molecule has 90 valence electrons. The summed E-state index contributed by atoms with van der Waals surface area (Å²) in [5.41, 5.74) is 0. The van der Waals surface area contributed by atoms with E-state index >= 15 is 0 Å². The highest BCUT2D eigenvalue weighted by Crippen LogP contribution is 2.21. The second-order valence-corrected chi connectivity index (χ2v) is 3.49. The van der Waals surface area contributed by atoms with Crippen LogP contribution in [0.25, 0.3) is 0 Å². The zero-order valence-electron chi connectivity index (χ0n) is 10.2. The smallest absolute Gasteiger partial charge is 0.169 e. The molecule has 4 nitrogen and oxygen atoms in total. The van der Waals surface area contributed by atoms with Gasteiger partial charge in [-0.25, -0.2) is 4.98 Å². The normalized spacial score (nSPS) is 12.2. The van der Waals surface area contributed by atoms with Crippen molar-refractivity contribution in [3.63, 3.8) is 0 Å². The predicted molar refractivity (Wildman–Crippen MR) is 65.0 cm³/mol. The van der Waals surface area contributed by atoms with E-state index < -0.39 is 0 Å². The van der Waals surface area contributed by atoms with Crippen molar-refractivity contribution in [1.82, 2.24) is 4.98 Å². The van der Waals surface area contributed by atoms with E-state index in [1.165, 1.54) is 0 Å². The van der Waals surface area contributed by atoms with Crippen molar-refractivity contribution in [3.8, 4) is 5.75 Å². The minimum atomic E-state index is 0.217. The number of hydrogen-bond donors (Lipinski definition) is 1. The molecule has 0 aromatic carbocycles. The van der Waals surface area contributed by atoms with Gasteiger partial charge in [-0.15, -0.1) is 0 Å². The van der Waals surface area contributed by atoms with Gasteiger partial charge in [0.1, 0.15) is 0 Å². The van der Waals surface area contributed by atoms with Crippen LogP contribution < -0.4 is 10.1 Å². The first-order chi connectivity index (χ1) is 7.77. The molecule has 0 aliphatic heterocycles. The van der Waals surface area contributed by atoms with Crippen molar-refractivity contribution in [2.75, 3.05) is 25.1 Å². The van der Waals surface area contributed by atoms with Crippen molar-refractivity contribution in [2.45, 2.75) is 26.8 Å². The standard InChI is InChI=1S/C12H20N2O2/c1-4-15-9-10(3)14-12-11(16-5-2)7-6-8-13-12/h6-8,10H,4-5,9H2,1-3H3,(H,13,14). The van der Waals surface area contributed by atoms with Crippen LogP contribution in [0.2, 0.25) is 0 Å². The Balaban J connectivity index is 2.57. The highest BCUT2D eigenvalue weighted by Gasteiger charge is 2.07. The Morgan fingerprint density at radius 2 is 2.19 bits per heavy atom. The first-order valence-corrected chi connectivity index (χ1v) is 5.70. The molecule has 0 saturated heterocycles. The van der Waals surface area contributed by atoms with E-state index in [0.717, 1.165) is 18.2 Å². The Hall–Kier alpha value is -1.29. The fourth-order valence-corrected chi connectivity index (χ4v) is 1.34. The molecule has 1 unspecified atom stereocenters. The fraction of sp³-hybridized carbons (Fsp3) is 0.583. The van der Waals surface area contributed by atoms with Crippen LogP contribution >= 0.6 is 0 Å². The molecule has 0 radical (unpaired) electrons. The van der Waals surface area contributed by atoms with Crippen molar-refractivity contribution in [3.05, 3.63) is 18.3 Å². The van der Waals surface area contributed by atoms with Crippen LogP contribution in [0.15, 0.2) is 18.3 Å².